The van der Waals surface area contributed by atoms with Crippen molar-refractivity contribution in [2.75, 3.05) is 13.7 Å². The van der Waals surface area contributed by atoms with Crippen LogP contribution in [0, 0.1) is 11.7 Å². The Morgan fingerprint density at radius 2 is 1.88 bits per heavy atom. The molecule has 0 radical (unpaired) electrons. The summed E-state index contributed by atoms with van der Waals surface area (Å²) < 4.78 is 64.4. The van der Waals surface area contributed by atoms with Gasteiger partial charge in [0.15, 0.2) is 0 Å². The van der Waals surface area contributed by atoms with E-state index in [-0.39, 0.29) is 13.0 Å². The number of carbonyl (C=O) groups is 2. The monoisotopic (exact) mass is 465 g/mol. The maximum Gasteiger partial charge on any atom is 0.417 e. The van der Waals surface area contributed by atoms with E-state index >= 15 is 0 Å². The average Bonchev–Trinajstić information content (AvgIpc) is 3.21. The zero-order valence-corrected chi connectivity index (χ0v) is 18.0. The smallest absolute Gasteiger partial charge is 0.417 e. The molecular formula is C24H23F4NO4. The lowest BCUT2D eigenvalue weighted by molar-refractivity contribution is -0.146. The van der Waals surface area contributed by atoms with Gasteiger partial charge in [-0.05, 0) is 49.1 Å². The molecule has 0 spiro atoms. The number of esters is 1. The molecule has 3 unspecified atom stereocenters. The minimum atomic E-state index is -4.88. The van der Waals surface area contributed by atoms with Gasteiger partial charge in [0, 0.05) is 6.04 Å². The number of nitrogens with one attached hydrogen (secondary N) is 1. The summed E-state index contributed by atoms with van der Waals surface area (Å²) >= 11 is 0. The van der Waals surface area contributed by atoms with Crippen molar-refractivity contribution >= 4 is 11.9 Å². The number of methoxy groups -OCH3 is 1. The first kappa shape index (κ1) is 24.3. The van der Waals surface area contributed by atoms with E-state index in [4.69, 9.17) is 9.47 Å². The highest BCUT2D eigenvalue weighted by Gasteiger charge is 2.38. The predicted molar refractivity (Wildman–Crippen MR) is 112 cm³/mol. The molecule has 3 rings (SSSR count). The van der Waals surface area contributed by atoms with Crippen molar-refractivity contribution in [2.45, 2.75) is 31.5 Å². The third-order valence-electron chi connectivity index (χ3n) is 5.40. The van der Waals surface area contributed by atoms with Crippen LogP contribution in [0.4, 0.5) is 17.6 Å². The fraction of sp³-hybridized carbons (Fsp3) is 0.333. The van der Waals surface area contributed by atoms with Gasteiger partial charge in [0.25, 0.3) is 5.91 Å². The van der Waals surface area contributed by atoms with E-state index in [0.717, 1.165) is 12.1 Å². The maximum atomic E-state index is 14.1. The summed E-state index contributed by atoms with van der Waals surface area (Å²) in [7, 11) is 1.50. The first-order valence-electron chi connectivity index (χ1n) is 10.3. The van der Waals surface area contributed by atoms with Crippen LogP contribution in [0.5, 0.6) is 5.75 Å². The van der Waals surface area contributed by atoms with Crippen molar-refractivity contribution in [3.8, 4) is 5.75 Å². The number of amides is 1. The number of rotatable bonds is 7. The van der Waals surface area contributed by atoms with E-state index in [9.17, 15) is 27.2 Å². The van der Waals surface area contributed by atoms with Crippen LogP contribution in [0.2, 0.25) is 0 Å². The van der Waals surface area contributed by atoms with Crippen LogP contribution in [-0.2, 0) is 15.7 Å². The van der Waals surface area contributed by atoms with Gasteiger partial charge in [0.2, 0.25) is 0 Å². The summed E-state index contributed by atoms with van der Waals surface area (Å²) in [4.78, 5) is 25.3. The number of hydrogen-bond donors (Lipinski definition) is 1. The molecule has 0 saturated carbocycles. The number of carbonyl (C=O) groups excluding carboxylic acids is 2. The van der Waals surface area contributed by atoms with E-state index in [1.807, 2.05) is 0 Å². The number of halogens is 4. The van der Waals surface area contributed by atoms with Gasteiger partial charge in [0.1, 0.15) is 11.6 Å². The number of ether oxygens (including phenoxy) is 2. The molecule has 2 aromatic carbocycles. The molecule has 0 aromatic heterocycles. The van der Waals surface area contributed by atoms with Gasteiger partial charge in [-0.25, -0.2) is 4.39 Å². The van der Waals surface area contributed by atoms with E-state index in [0.29, 0.717) is 17.4 Å². The number of allylic oxidation sites excluding steroid dienone is 1. The van der Waals surface area contributed by atoms with Crippen LogP contribution in [0.3, 0.4) is 0 Å². The molecule has 176 valence electrons. The molecule has 0 bridgehead atoms. The largest absolute Gasteiger partial charge is 0.497 e. The lowest BCUT2D eigenvalue weighted by Gasteiger charge is -2.23. The second-order valence-corrected chi connectivity index (χ2v) is 7.53. The summed E-state index contributed by atoms with van der Waals surface area (Å²) in [5.74, 6) is -3.47. The molecule has 9 heteroatoms. The van der Waals surface area contributed by atoms with E-state index in [2.05, 4.69) is 5.32 Å². The molecule has 3 atom stereocenters. The number of hydrogen-bond acceptors (Lipinski definition) is 4. The molecule has 0 aliphatic heterocycles. The van der Waals surface area contributed by atoms with Crippen molar-refractivity contribution in [3.63, 3.8) is 0 Å². The third-order valence-corrected chi connectivity index (χ3v) is 5.40. The predicted octanol–water partition coefficient (Wildman–Crippen LogP) is 4.87. The Labute approximate surface area is 188 Å². The normalized spacial score (nSPS) is 18.6. The quantitative estimate of drug-likeness (QED) is 0.360. The van der Waals surface area contributed by atoms with Crippen molar-refractivity contribution in [1.29, 1.82) is 0 Å². The van der Waals surface area contributed by atoms with Crippen LogP contribution < -0.4 is 10.1 Å². The lowest BCUT2D eigenvalue weighted by atomic mass is 9.85. The third kappa shape index (κ3) is 5.53. The van der Waals surface area contributed by atoms with Crippen molar-refractivity contribution in [2.24, 2.45) is 5.92 Å². The lowest BCUT2D eigenvalue weighted by Crippen LogP contribution is -2.35. The van der Waals surface area contributed by atoms with Crippen molar-refractivity contribution < 1.29 is 36.6 Å². The van der Waals surface area contributed by atoms with Crippen LogP contribution >= 0.6 is 0 Å². The molecule has 1 amide bonds. The molecule has 33 heavy (non-hydrogen) atoms. The maximum absolute atomic E-state index is 14.1. The first-order valence-corrected chi connectivity index (χ1v) is 10.3. The Hall–Kier alpha value is -3.36. The molecule has 5 nitrogen and oxygen atoms in total. The highest BCUT2D eigenvalue weighted by Crippen LogP contribution is 2.37. The molecule has 0 fully saturated rings. The van der Waals surface area contributed by atoms with Crippen LogP contribution in [-0.4, -0.2) is 31.6 Å². The Kier molecular flexibility index (Phi) is 7.40. The standard InChI is InChI=1S/C24H23F4NO4/c1-3-33-23(31)20(14-6-4-7-17(13-14)32-2)15-10-11-16(12-15)29-22(30)21-18(24(26,27)28)8-5-9-19(21)25/h4-11,13,15-16,20H,3,12H2,1-2H3,(H,29,30). The van der Waals surface area contributed by atoms with Gasteiger partial charge in [0.05, 0.1) is 30.8 Å². The molecule has 2 aromatic rings. The van der Waals surface area contributed by atoms with Gasteiger partial charge >= 0.3 is 12.1 Å². The Morgan fingerprint density at radius 1 is 1.15 bits per heavy atom. The molecule has 0 saturated heterocycles. The molecular weight excluding hydrogens is 442 g/mol. The number of benzene rings is 2. The van der Waals surface area contributed by atoms with Gasteiger partial charge in [-0.1, -0.05) is 30.4 Å². The van der Waals surface area contributed by atoms with Gasteiger partial charge < -0.3 is 14.8 Å². The molecule has 1 aliphatic rings. The SMILES string of the molecule is CCOC(=O)C(c1cccc(OC)c1)C1C=CC(NC(=O)c2c(F)cccc2C(F)(F)F)C1. The fourth-order valence-electron chi connectivity index (χ4n) is 3.94. The summed E-state index contributed by atoms with van der Waals surface area (Å²) in [6, 6.07) is 8.59. The summed E-state index contributed by atoms with van der Waals surface area (Å²) in [5.41, 5.74) is -1.77. The summed E-state index contributed by atoms with van der Waals surface area (Å²) in [6.07, 6.45) is -1.37. The summed E-state index contributed by atoms with van der Waals surface area (Å²) in [6.45, 7) is 1.85. The van der Waals surface area contributed by atoms with Crippen molar-refractivity contribution in [3.05, 3.63) is 77.1 Å². The van der Waals surface area contributed by atoms with Crippen LogP contribution in [0.15, 0.2) is 54.6 Å². The van der Waals surface area contributed by atoms with E-state index in [1.54, 1.807) is 43.3 Å². The van der Waals surface area contributed by atoms with Crippen molar-refractivity contribution in [1.82, 2.24) is 5.32 Å². The summed E-state index contributed by atoms with van der Waals surface area (Å²) in [5, 5.41) is 2.44. The minimum absolute atomic E-state index is 0.170. The highest BCUT2D eigenvalue weighted by atomic mass is 19.4. The minimum Gasteiger partial charge on any atom is -0.497 e. The van der Waals surface area contributed by atoms with Gasteiger partial charge in [-0.3, -0.25) is 9.59 Å². The van der Waals surface area contributed by atoms with Crippen LogP contribution in [0.1, 0.15) is 40.7 Å². The Bertz CT molecular complexity index is 1050. The van der Waals surface area contributed by atoms with E-state index in [1.165, 1.54) is 7.11 Å². The fourth-order valence-corrected chi connectivity index (χ4v) is 3.94. The second kappa shape index (κ2) is 10.1. The first-order chi connectivity index (χ1) is 15.7. The second-order valence-electron chi connectivity index (χ2n) is 7.53. The average molecular weight is 465 g/mol. The molecule has 1 N–H and O–H groups in total. The molecule has 1 aliphatic carbocycles. The molecule has 0 heterocycles. The highest BCUT2D eigenvalue weighted by molar-refractivity contribution is 5.96. The van der Waals surface area contributed by atoms with Gasteiger partial charge in [-0.15, -0.1) is 0 Å². The Balaban J connectivity index is 1.81. The Morgan fingerprint density at radius 3 is 2.55 bits per heavy atom. The zero-order chi connectivity index (χ0) is 24.2. The topological polar surface area (TPSA) is 64.6 Å². The van der Waals surface area contributed by atoms with Crippen LogP contribution in [0.25, 0.3) is 0 Å². The zero-order valence-electron chi connectivity index (χ0n) is 18.0. The number of alkyl halides is 3. The van der Waals surface area contributed by atoms with Gasteiger partial charge in [-0.2, -0.15) is 13.2 Å². The van der Waals surface area contributed by atoms with E-state index < -0.39 is 52.9 Å².